The SMILES string of the molecule is COc1ccccc1/C=C/C(=O)Nc1ccc(NC(=O)c2cccc(OC(C)=O)c2)cc1. The van der Waals surface area contributed by atoms with E-state index in [0.717, 1.165) is 5.56 Å². The molecule has 3 rings (SSSR count). The highest BCUT2D eigenvalue weighted by atomic mass is 16.5. The van der Waals surface area contributed by atoms with E-state index in [0.29, 0.717) is 28.4 Å². The maximum atomic E-state index is 12.4. The van der Waals surface area contributed by atoms with Crippen LogP contribution < -0.4 is 20.1 Å². The van der Waals surface area contributed by atoms with Gasteiger partial charge in [-0.2, -0.15) is 0 Å². The van der Waals surface area contributed by atoms with Gasteiger partial charge >= 0.3 is 5.97 Å². The van der Waals surface area contributed by atoms with Crippen molar-refractivity contribution in [3.05, 3.63) is 90.0 Å². The minimum Gasteiger partial charge on any atom is -0.496 e. The van der Waals surface area contributed by atoms with E-state index < -0.39 is 5.97 Å². The summed E-state index contributed by atoms with van der Waals surface area (Å²) < 4.78 is 10.3. The average Bonchev–Trinajstić information content (AvgIpc) is 2.79. The van der Waals surface area contributed by atoms with E-state index in [1.54, 1.807) is 55.7 Å². The molecule has 0 atom stereocenters. The molecule has 0 saturated carbocycles. The van der Waals surface area contributed by atoms with E-state index >= 15 is 0 Å². The first kappa shape index (κ1) is 22.3. The summed E-state index contributed by atoms with van der Waals surface area (Å²) in [5, 5.41) is 5.52. The molecule has 7 heteroatoms. The van der Waals surface area contributed by atoms with Crippen LogP contribution in [0.2, 0.25) is 0 Å². The van der Waals surface area contributed by atoms with Crippen molar-refractivity contribution in [1.82, 2.24) is 0 Å². The molecule has 0 heterocycles. The van der Waals surface area contributed by atoms with Gasteiger partial charge in [0.2, 0.25) is 5.91 Å². The quantitative estimate of drug-likeness (QED) is 0.326. The van der Waals surface area contributed by atoms with E-state index in [1.165, 1.54) is 19.1 Å². The number of methoxy groups -OCH3 is 1. The van der Waals surface area contributed by atoms with E-state index in [-0.39, 0.29) is 11.8 Å². The van der Waals surface area contributed by atoms with Gasteiger partial charge in [0, 0.05) is 35.5 Å². The molecule has 0 aliphatic rings. The third kappa shape index (κ3) is 6.30. The second-order valence-corrected chi connectivity index (χ2v) is 6.72. The van der Waals surface area contributed by atoms with E-state index in [1.807, 2.05) is 24.3 Å². The molecule has 0 aliphatic heterocycles. The lowest BCUT2D eigenvalue weighted by molar-refractivity contribution is -0.131. The zero-order valence-corrected chi connectivity index (χ0v) is 17.6. The van der Waals surface area contributed by atoms with Crippen LogP contribution in [0.3, 0.4) is 0 Å². The smallest absolute Gasteiger partial charge is 0.308 e. The summed E-state index contributed by atoms with van der Waals surface area (Å²) in [4.78, 5) is 35.7. The molecule has 2 amide bonds. The van der Waals surface area contributed by atoms with Crippen LogP contribution in [0.15, 0.2) is 78.9 Å². The van der Waals surface area contributed by atoms with Gasteiger partial charge in [-0.15, -0.1) is 0 Å². The molecule has 0 fully saturated rings. The van der Waals surface area contributed by atoms with Crippen LogP contribution in [0.5, 0.6) is 11.5 Å². The van der Waals surface area contributed by atoms with Crippen LogP contribution in [-0.4, -0.2) is 24.9 Å². The number of benzene rings is 3. The topological polar surface area (TPSA) is 93.7 Å². The summed E-state index contributed by atoms with van der Waals surface area (Å²) in [6.45, 7) is 1.29. The fraction of sp³-hybridized carbons (Fsp3) is 0.0800. The van der Waals surface area contributed by atoms with Crippen LogP contribution >= 0.6 is 0 Å². The van der Waals surface area contributed by atoms with Gasteiger partial charge in [-0.1, -0.05) is 24.3 Å². The van der Waals surface area contributed by atoms with Crippen LogP contribution in [0.1, 0.15) is 22.8 Å². The van der Waals surface area contributed by atoms with Crippen molar-refractivity contribution in [1.29, 1.82) is 0 Å². The number of anilines is 2. The largest absolute Gasteiger partial charge is 0.496 e. The third-order valence-electron chi connectivity index (χ3n) is 4.32. The van der Waals surface area contributed by atoms with Gasteiger partial charge in [0.05, 0.1) is 7.11 Å². The molecule has 32 heavy (non-hydrogen) atoms. The molecule has 3 aromatic rings. The standard InChI is InChI=1S/C25H22N2O5/c1-17(28)32-22-8-5-7-19(16-22)25(30)27-21-13-11-20(12-14-21)26-24(29)15-10-18-6-3-4-9-23(18)31-2/h3-16H,1-2H3,(H,26,29)(H,27,30)/b15-10+. The molecule has 0 spiro atoms. The van der Waals surface area contributed by atoms with E-state index in [2.05, 4.69) is 10.6 Å². The van der Waals surface area contributed by atoms with Gasteiger partial charge in [-0.3, -0.25) is 14.4 Å². The number of rotatable bonds is 7. The number of nitrogens with one attached hydrogen (secondary N) is 2. The minimum absolute atomic E-state index is 0.296. The van der Waals surface area contributed by atoms with Crippen LogP contribution in [0, 0.1) is 0 Å². The Bertz CT molecular complexity index is 1150. The number of esters is 1. The summed E-state index contributed by atoms with van der Waals surface area (Å²) in [5.41, 5.74) is 2.27. The van der Waals surface area contributed by atoms with Crippen molar-refractivity contribution in [2.24, 2.45) is 0 Å². The fourth-order valence-electron chi connectivity index (χ4n) is 2.86. The predicted octanol–water partition coefficient (Wildman–Crippen LogP) is 4.52. The average molecular weight is 430 g/mol. The Labute approximate surface area is 185 Å². The number of hydrogen-bond donors (Lipinski definition) is 2. The second kappa shape index (κ2) is 10.6. The lowest BCUT2D eigenvalue weighted by Gasteiger charge is -2.08. The Morgan fingerprint density at radius 1 is 0.844 bits per heavy atom. The molecule has 2 N–H and O–H groups in total. The Morgan fingerprint density at radius 2 is 1.53 bits per heavy atom. The maximum Gasteiger partial charge on any atom is 0.308 e. The Morgan fingerprint density at radius 3 is 2.22 bits per heavy atom. The van der Waals surface area contributed by atoms with Crippen molar-refractivity contribution < 1.29 is 23.9 Å². The zero-order valence-electron chi connectivity index (χ0n) is 17.6. The first-order valence-corrected chi connectivity index (χ1v) is 9.76. The molecular weight excluding hydrogens is 408 g/mol. The monoisotopic (exact) mass is 430 g/mol. The molecule has 0 unspecified atom stereocenters. The molecule has 0 radical (unpaired) electrons. The van der Waals surface area contributed by atoms with Gasteiger partial charge in [-0.05, 0) is 54.6 Å². The third-order valence-corrected chi connectivity index (χ3v) is 4.32. The molecule has 0 bridgehead atoms. The Hall–Kier alpha value is -4.39. The van der Waals surface area contributed by atoms with Crippen LogP contribution in [0.4, 0.5) is 11.4 Å². The van der Waals surface area contributed by atoms with Crippen molar-refractivity contribution in [2.75, 3.05) is 17.7 Å². The molecule has 3 aromatic carbocycles. The number of carbonyl (C=O) groups excluding carboxylic acids is 3. The summed E-state index contributed by atoms with van der Waals surface area (Å²) in [6, 6.07) is 20.4. The number of para-hydroxylation sites is 1. The van der Waals surface area contributed by atoms with Gasteiger partial charge in [0.1, 0.15) is 11.5 Å². The van der Waals surface area contributed by atoms with Gasteiger partial charge < -0.3 is 20.1 Å². The second-order valence-electron chi connectivity index (χ2n) is 6.72. The fourth-order valence-corrected chi connectivity index (χ4v) is 2.86. The highest BCUT2D eigenvalue weighted by Gasteiger charge is 2.09. The zero-order chi connectivity index (χ0) is 22.9. The molecule has 0 aromatic heterocycles. The Kier molecular flexibility index (Phi) is 7.37. The van der Waals surface area contributed by atoms with E-state index in [4.69, 9.17) is 9.47 Å². The van der Waals surface area contributed by atoms with Crippen molar-refractivity contribution in [3.63, 3.8) is 0 Å². The van der Waals surface area contributed by atoms with Crippen molar-refractivity contribution in [3.8, 4) is 11.5 Å². The number of ether oxygens (including phenoxy) is 2. The molecule has 0 aliphatic carbocycles. The van der Waals surface area contributed by atoms with Crippen LogP contribution in [0.25, 0.3) is 6.08 Å². The first-order chi connectivity index (χ1) is 15.4. The summed E-state index contributed by atoms with van der Waals surface area (Å²) in [5.74, 6) is -0.136. The highest BCUT2D eigenvalue weighted by Crippen LogP contribution is 2.20. The highest BCUT2D eigenvalue weighted by molar-refractivity contribution is 6.05. The first-order valence-electron chi connectivity index (χ1n) is 9.76. The van der Waals surface area contributed by atoms with E-state index in [9.17, 15) is 14.4 Å². The summed E-state index contributed by atoms with van der Waals surface area (Å²) in [6.07, 6.45) is 3.09. The van der Waals surface area contributed by atoms with Gasteiger partial charge in [-0.25, -0.2) is 0 Å². The number of carbonyl (C=O) groups is 3. The van der Waals surface area contributed by atoms with Gasteiger partial charge in [0.15, 0.2) is 0 Å². The number of amides is 2. The van der Waals surface area contributed by atoms with Crippen molar-refractivity contribution in [2.45, 2.75) is 6.92 Å². The summed E-state index contributed by atoms with van der Waals surface area (Å²) in [7, 11) is 1.57. The molecular formula is C25H22N2O5. The summed E-state index contributed by atoms with van der Waals surface area (Å²) >= 11 is 0. The minimum atomic E-state index is -0.460. The number of hydrogen-bond acceptors (Lipinski definition) is 5. The lowest BCUT2D eigenvalue weighted by atomic mass is 10.2. The maximum absolute atomic E-state index is 12.4. The van der Waals surface area contributed by atoms with Crippen LogP contribution in [-0.2, 0) is 9.59 Å². The molecule has 7 nitrogen and oxygen atoms in total. The van der Waals surface area contributed by atoms with Crippen molar-refractivity contribution >= 4 is 35.2 Å². The normalized spacial score (nSPS) is 10.4. The Balaban J connectivity index is 1.59. The molecule has 162 valence electrons. The molecule has 0 saturated heterocycles. The predicted molar refractivity (Wildman–Crippen MR) is 123 cm³/mol. The van der Waals surface area contributed by atoms with Gasteiger partial charge in [0.25, 0.3) is 5.91 Å². The lowest BCUT2D eigenvalue weighted by Crippen LogP contribution is -2.12.